The minimum Gasteiger partial charge on any atom is -0.366 e. The number of carbonyl (C=O) groups excluding carboxylic acids is 1. The Labute approximate surface area is 120 Å². The molecule has 1 amide bonds. The smallest absolute Gasteiger partial charge is 0.251 e. The lowest BCUT2D eigenvalue weighted by atomic mass is 10.3. The van der Waals surface area contributed by atoms with Gasteiger partial charge >= 0.3 is 0 Å². The summed E-state index contributed by atoms with van der Waals surface area (Å²) in [6.45, 7) is 1.57. The number of carbonyl (C=O) groups is 1. The van der Waals surface area contributed by atoms with Crippen molar-refractivity contribution in [3.63, 3.8) is 0 Å². The van der Waals surface area contributed by atoms with E-state index < -0.39 is 5.91 Å². The molecule has 1 aliphatic rings. The summed E-state index contributed by atoms with van der Waals surface area (Å²) in [5.41, 5.74) is 5.65. The lowest BCUT2D eigenvalue weighted by molar-refractivity contribution is 0.1000. The summed E-state index contributed by atoms with van der Waals surface area (Å²) in [7, 11) is 0. The van der Waals surface area contributed by atoms with E-state index in [9.17, 15) is 4.79 Å². The van der Waals surface area contributed by atoms with Gasteiger partial charge in [0.15, 0.2) is 0 Å². The van der Waals surface area contributed by atoms with E-state index in [-0.39, 0.29) is 6.04 Å². The van der Waals surface area contributed by atoms with E-state index in [0.717, 1.165) is 19.5 Å². The Morgan fingerprint density at radius 2 is 2.10 bits per heavy atom. The lowest BCUT2D eigenvalue weighted by Gasteiger charge is -2.16. The van der Waals surface area contributed by atoms with Crippen LogP contribution in [0, 0.1) is 0 Å². The minimum absolute atomic E-state index is 0.183. The molecule has 2 N–H and O–H groups in total. The molecule has 20 heavy (non-hydrogen) atoms. The summed E-state index contributed by atoms with van der Waals surface area (Å²) in [6.07, 6.45) is 7.24. The first-order chi connectivity index (χ1) is 9.63. The maximum absolute atomic E-state index is 11.1. The SMILES string of the molecule is NC(=O)c1cnn(C2CCN(c3ncc(Cl)cn3)C2)c1. The lowest BCUT2D eigenvalue weighted by Crippen LogP contribution is -2.23. The summed E-state index contributed by atoms with van der Waals surface area (Å²) < 4.78 is 1.77. The first kappa shape index (κ1) is 12.9. The second kappa shape index (κ2) is 5.09. The number of aromatic nitrogens is 4. The van der Waals surface area contributed by atoms with E-state index in [4.69, 9.17) is 17.3 Å². The molecule has 1 saturated heterocycles. The number of hydrogen-bond acceptors (Lipinski definition) is 5. The Morgan fingerprint density at radius 3 is 2.75 bits per heavy atom. The van der Waals surface area contributed by atoms with E-state index in [1.807, 2.05) is 0 Å². The zero-order chi connectivity index (χ0) is 14.1. The number of amides is 1. The molecule has 0 saturated carbocycles. The highest BCUT2D eigenvalue weighted by Gasteiger charge is 2.26. The van der Waals surface area contributed by atoms with E-state index >= 15 is 0 Å². The zero-order valence-corrected chi connectivity index (χ0v) is 11.4. The highest BCUT2D eigenvalue weighted by Crippen LogP contribution is 2.24. The van der Waals surface area contributed by atoms with Gasteiger partial charge < -0.3 is 10.6 Å². The van der Waals surface area contributed by atoms with Gasteiger partial charge in [0.1, 0.15) is 0 Å². The summed E-state index contributed by atoms with van der Waals surface area (Å²) in [5.74, 6) is 0.186. The summed E-state index contributed by atoms with van der Waals surface area (Å²) in [4.78, 5) is 21.5. The van der Waals surface area contributed by atoms with Crippen molar-refractivity contribution in [2.75, 3.05) is 18.0 Å². The molecule has 1 atom stereocenters. The van der Waals surface area contributed by atoms with Crippen LogP contribution in [0.3, 0.4) is 0 Å². The van der Waals surface area contributed by atoms with Gasteiger partial charge in [-0.15, -0.1) is 0 Å². The molecule has 1 fully saturated rings. The van der Waals surface area contributed by atoms with Gasteiger partial charge in [0, 0.05) is 19.3 Å². The highest BCUT2D eigenvalue weighted by atomic mass is 35.5. The molecule has 0 radical (unpaired) electrons. The molecule has 2 aromatic rings. The molecular weight excluding hydrogens is 280 g/mol. The quantitative estimate of drug-likeness (QED) is 0.907. The predicted octanol–water partition coefficient (Wildman–Crippen LogP) is 0.877. The molecule has 0 bridgehead atoms. The maximum Gasteiger partial charge on any atom is 0.251 e. The minimum atomic E-state index is -0.466. The maximum atomic E-state index is 11.1. The normalized spacial score (nSPS) is 18.4. The largest absolute Gasteiger partial charge is 0.366 e. The van der Waals surface area contributed by atoms with Gasteiger partial charge in [-0.2, -0.15) is 5.10 Å². The number of nitrogens with zero attached hydrogens (tertiary/aromatic N) is 5. The summed E-state index contributed by atoms with van der Waals surface area (Å²) in [5, 5.41) is 4.71. The van der Waals surface area contributed by atoms with Crippen molar-refractivity contribution in [2.45, 2.75) is 12.5 Å². The van der Waals surface area contributed by atoms with Crippen LogP contribution >= 0.6 is 11.6 Å². The molecule has 0 aliphatic carbocycles. The van der Waals surface area contributed by atoms with E-state index in [2.05, 4.69) is 20.0 Å². The van der Waals surface area contributed by atoms with Crippen LogP contribution in [0.5, 0.6) is 0 Å². The van der Waals surface area contributed by atoms with Gasteiger partial charge in [-0.25, -0.2) is 9.97 Å². The molecule has 7 nitrogen and oxygen atoms in total. The van der Waals surface area contributed by atoms with Crippen LogP contribution in [0.1, 0.15) is 22.8 Å². The molecule has 3 heterocycles. The number of halogens is 1. The van der Waals surface area contributed by atoms with Crippen molar-refractivity contribution in [1.82, 2.24) is 19.7 Å². The molecule has 104 valence electrons. The van der Waals surface area contributed by atoms with E-state index in [0.29, 0.717) is 16.5 Å². The third kappa shape index (κ3) is 2.44. The molecule has 0 aromatic carbocycles. The van der Waals surface area contributed by atoms with E-state index in [1.54, 1.807) is 23.3 Å². The van der Waals surface area contributed by atoms with Crippen molar-refractivity contribution in [3.05, 3.63) is 35.4 Å². The fraction of sp³-hybridized carbons (Fsp3) is 0.333. The monoisotopic (exact) mass is 292 g/mol. The number of rotatable bonds is 3. The number of nitrogens with two attached hydrogens (primary N) is 1. The van der Waals surface area contributed by atoms with Gasteiger partial charge in [-0.1, -0.05) is 11.6 Å². The van der Waals surface area contributed by atoms with Gasteiger partial charge in [0.2, 0.25) is 5.95 Å². The molecule has 3 rings (SSSR count). The van der Waals surface area contributed by atoms with Gasteiger partial charge in [-0.05, 0) is 6.42 Å². The van der Waals surface area contributed by atoms with Crippen LogP contribution in [-0.4, -0.2) is 38.7 Å². The molecule has 8 heteroatoms. The highest BCUT2D eigenvalue weighted by molar-refractivity contribution is 6.30. The topological polar surface area (TPSA) is 89.9 Å². The Kier molecular flexibility index (Phi) is 3.27. The summed E-state index contributed by atoms with van der Waals surface area (Å²) >= 11 is 5.77. The fourth-order valence-corrected chi connectivity index (χ4v) is 2.37. The standard InChI is InChI=1S/C12H13ClN6O/c13-9-4-15-12(16-5-9)18-2-1-10(7-18)19-6-8(3-17-19)11(14)20/h3-6,10H,1-2,7H2,(H2,14,20). The summed E-state index contributed by atoms with van der Waals surface area (Å²) in [6, 6.07) is 0.183. The van der Waals surface area contributed by atoms with Crippen molar-refractivity contribution < 1.29 is 4.79 Å². The Balaban J connectivity index is 1.72. The first-order valence-electron chi connectivity index (χ1n) is 6.20. The van der Waals surface area contributed by atoms with Crippen molar-refractivity contribution in [1.29, 1.82) is 0 Å². The van der Waals surface area contributed by atoms with Gasteiger partial charge in [0.05, 0.1) is 35.2 Å². The average molecular weight is 293 g/mol. The molecule has 1 unspecified atom stereocenters. The number of hydrogen-bond donors (Lipinski definition) is 1. The zero-order valence-electron chi connectivity index (χ0n) is 10.6. The fourth-order valence-electron chi connectivity index (χ4n) is 2.27. The van der Waals surface area contributed by atoms with Gasteiger partial charge in [0.25, 0.3) is 5.91 Å². The second-order valence-corrected chi connectivity index (χ2v) is 5.10. The van der Waals surface area contributed by atoms with Gasteiger partial charge in [-0.3, -0.25) is 9.48 Å². The molecule has 0 spiro atoms. The Hall–Kier alpha value is -2.15. The Morgan fingerprint density at radius 1 is 1.35 bits per heavy atom. The van der Waals surface area contributed by atoms with Crippen LogP contribution in [0.15, 0.2) is 24.8 Å². The number of primary amides is 1. The van der Waals surface area contributed by atoms with Crippen LogP contribution in [0.2, 0.25) is 5.02 Å². The number of anilines is 1. The third-order valence-electron chi connectivity index (χ3n) is 3.31. The van der Waals surface area contributed by atoms with E-state index in [1.165, 1.54) is 6.20 Å². The van der Waals surface area contributed by atoms with Crippen molar-refractivity contribution in [3.8, 4) is 0 Å². The third-order valence-corrected chi connectivity index (χ3v) is 3.51. The molecule has 2 aromatic heterocycles. The molecule has 1 aliphatic heterocycles. The first-order valence-corrected chi connectivity index (χ1v) is 6.58. The van der Waals surface area contributed by atoms with Crippen molar-refractivity contribution >= 4 is 23.5 Å². The molecular formula is C12H13ClN6O. The van der Waals surface area contributed by atoms with Crippen LogP contribution in [0.25, 0.3) is 0 Å². The predicted molar refractivity (Wildman–Crippen MR) is 73.7 cm³/mol. The van der Waals surface area contributed by atoms with Crippen LogP contribution in [0.4, 0.5) is 5.95 Å². The average Bonchev–Trinajstić information content (AvgIpc) is 3.08. The van der Waals surface area contributed by atoms with Crippen LogP contribution in [-0.2, 0) is 0 Å². The van der Waals surface area contributed by atoms with Crippen molar-refractivity contribution in [2.24, 2.45) is 5.73 Å². The Bertz CT molecular complexity index is 625. The second-order valence-electron chi connectivity index (χ2n) is 4.66. The van der Waals surface area contributed by atoms with Crippen LogP contribution < -0.4 is 10.6 Å².